The van der Waals surface area contributed by atoms with Crippen LogP contribution >= 0.6 is 15.9 Å². The molecule has 1 aliphatic carbocycles. The number of hydrogen-bond acceptors (Lipinski definition) is 2. The normalized spacial score (nSPS) is 15.0. The Hall–Kier alpha value is -1.34. The lowest BCUT2D eigenvalue weighted by Gasteiger charge is -2.33. The van der Waals surface area contributed by atoms with E-state index in [2.05, 4.69) is 22.0 Å². The van der Waals surface area contributed by atoms with E-state index in [1.165, 1.54) is 0 Å². The Balaban J connectivity index is 2.30. The van der Waals surface area contributed by atoms with Crippen LogP contribution in [0.1, 0.15) is 37.0 Å². The molecule has 18 heavy (non-hydrogen) atoms. The number of hydrogen-bond donors (Lipinski definition) is 0. The molecule has 3 nitrogen and oxygen atoms in total. The van der Waals surface area contributed by atoms with Crippen molar-refractivity contribution in [2.75, 3.05) is 0 Å². The molecule has 0 aliphatic heterocycles. The van der Waals surface area contributed by atoms with Crippen LogP contribution in [0.2, 0.25) is 0 Å². The first kappa shape index (κ1) is 13.1. The molecule has 0 radical (unpaired) electrons. The summed E-state index contributed by atoms with van der Waals surface area (Å²) in [6, 6.07) is 9.70. The van der Waals surface area contributed by atoms with Crippen molar-refractivity contribution in [2.24, 2.45) is 0 Å². The number of carbonyl (C=O) groups excluding carboxylic acids is 1. The van der Waals surface area contributed by atoms with Gasteiger partial charge in [0.05, 0.1) is 6.07 Å². The first-order valence-electron chi connectivity index (χ1n) is 5.96. The molecular weight excluding hydrogens is 292 g/mol. The van der Waals surface area contributed by atoms with E-state index < -0.39 is 5.54 Å². The first-order valence-corrected chi connectivity index (χ1v) is 6.75. The predicted octanol–water partition coefficient (Wildman–Crippen LogP) is 3.36. The fourth-order valence-electron chi connectivity index (χ4n) is 1.99. The summed E-state index contributed by atoms with van der Waals surface area (Å²) in [5.74, 6) is -0.0587. The second-order valence-corrected chi connectivity index (χ2v) is 6.00. The largest absolute Gasteiger partial charge is 0.317 e. The molecule has 0 spiro atoms. The predicted molar refractivity (Wildman–Crippen MR) is 73.0 cm³/mol. The second kappa shape index (κ2) is 4.74. The molecule has 1 aromatic carbocycles. The quantitative estimate of drug-likeness (QED) is 0.859. The van der Waals surface area contributed by atoms with Gasteiger partial charge in [-0.05, 0) is 51.0 Å². The molecule has 4 heteroatoms. The van der Waals surface area contributed by atoms with Gasteiger partial charge in [-0.3, -0.25) is 4.79 Å². The lowest BCUT2D eigenvalue weighted by molar-refractivity contribution is 0.0615. The summed E-state index contributed by atoms with van der Waals surface area (Å²) in [5, 5.41) is 9.23. The summed E-state index contributed by atoms with van der Waals surface area (Å²) in [5.41, 5.74) is -0.126. The smallest absolute Gasteiger partial charge is 0.255 e. The van der Waals surface area contributed by atoms with Crippen LogP contribution in [0.3, 0.4) is 0 Å². The summed E-state index contributed by atoms with van der Waals surface area (Å²) in [6.07, 6.45) is 1.99. The highest BCUT2D eigenvalue weighted by Gasteiger charge is 2.42. The van der Waals surface area contributed by atoms with Crippen LogP contribution in [0.5, 0.6) is 0 Å². The maximum absolute atomic E-state index is 12.5. The summed E-state index contributed by atoms with van der Waals surface area (Å²) in [7, 11) is 0. The lowest BCUT2D eigenvalue weighted by atomic mass is 10.0. The maximum atomic E-state index is 12.5. The number of halogens is 1. The van der Waals surface area contributed by atoms with Crippen LogP contribution in [0, 0.1) is 11.3 Å². The minimum absolute atomic E-state index is 0.0587. The minimum atomic E-state index is -0.759. The molecular formula is C14H15BrN2O. The number of rotatable bonds is 3. The van der Waals surface area contributed by atoms with Crippen molar-refractivity contribution in [1.29, 1.82) is 5.26 Å². The van der Waals surface area contributed by atoms with E-state index in [9.17, 15) is 10.1 Å². The van der Waals surface area contributed by atoms with Gasteiger partial charge in [0.1, 0.15) is 5.54 Å². The molecule has 0 unspecified atom stereocenters. The Morgan fingerprint density at radius 3 is 2.39 bits per heavy atom. The van der Waals surface area contributed by atoms with Gasteiger partial charge in [-0.25, -0.2) is 0 Å². The first-order chi connectivity index (χ1) is 8.45. The van der Waals surface area contributed by atoms with Crippen LogP contribution in [0.4, 0.5) is 0 Å². The van der Waals surface area contributed by atoms with E-state index in [0.29, 0.717) is 5.56 Å². The Morgan fingerprint density at radius 2 is 1.94 bits per heavy atom. The van der Waals surface area contributed by atoms with Crippen LogP contribution in [-0.2, 0) is 0 Å². The molecule has 1 saturated carbocycles. The molecule has 1 amide bonds. The van der Waals surface area contributed by atoms with Crippen molar-refractivity contribution in [2.45, 2.75) is 38.3 Å². The molecule has 1 aromatic rings. The summed E-state index contributed by atoms with van der Waals surface area (Å²) in [6.45, 7) is 3.59. The van der Waals surface area contributed by atoms with Gasteiger partial charge >= 0.3 is 0 Å². The highest BCUT2D eigenvalue weighted by molar-refractivity contribution is 9.10. The number of nitrogens with zero attached hydrogens (tertiary/aromatic N) is 2. The topological polar surface area (TPSA) is 44.1 Å². The number of benzene rings is 1. The Kier molecular flexibility index (Phi) is 3.45. The van der Waals surface area contributed by atoms with Gasteiger partial charge in [0.15, 0.2) is 0 Å². The van der Waals surface area contributed by atoms with E-state index >= 15 is 0 Å². The average molecular weight is 307 g/mol. The third kappa shape index (κ3) is 2.56. The van der Waals surface area contributed by atoms with Crippen molar-refractivity contribution < 1.29 is 4.79 Å². The molecule has 1 fully saturated rings. The molecule has 0 bridgehead atoms. The van der Waals surface area contributed by atoms with E-state index in [1.54, 1.807) is 30.9 Å². The van der Waals surface area contributed by atoms with Crippen molar-refractivity contribution in [3.8, 4) is 6.07 Å². The Bertz CT molecular complexity index is 498. The molecule has 0 aromatic heterocycles. The molecule has 0 N–H and O–H groups in total. The zero-order valence-electron chi connectivity index (χ0n) is 10.5. The van der Waals surface area contributed by atoms with Gasteiger partial charge in [0.2, 0.25) is 0 Å². The standard InChI is InChI=1S/C14H15BrN2O/c1-14(2,9-16)17(12-7-8-12)13(18)10-3-5-11(15)6-4-10/h3-6,12H,7-8H2,1-2H3. The van der Waals surface area contributed by atoms with Crippen molar-refractivity contribution in [3.63, 3.8) is 0 Å². The van der Waals surface area contributed by atoms with Gasteiger partial charge in [-0.2, -0.15) is 5.26 Å². The van der Waals surface area contributed by atoms with Gasteiger partial charge in [-0.15, -0.1) is 0 Å². The SMILES string of the molecule is CC(C)(C#N)N(C(=O)c1ccc(Br)cc1)C1CC1. The van der Waals surface area contributed by atoms with Gasteiger partial charge in [0.25, 0.3) is 5.91 Å². The van der Waals surface area contributed by atoms with Crippen LogP contribution in [-0.4, -0.2) is 22.4 Å². The minimum Gasteiger partial charge on any atom is -0.317 e. The molecule has 0 atom stereocenters. The monoisotopic (exact) mass is 306 g/mol. The fourth-order valence-corrected chi connectivity index (χ4v) is 2.26. The van der Waals surface area contributed by atoms with E-state index in [-0.39, 0.29) is 11.9 Å². The van der Waals surface area contributed by atoms with Crippen molar-refractivity contribution in [1.82, 2.24) is 4.90 Å². The number of amides is 1. The zero-order chi connectivity index (χ0) is 13.3. The fraction of sp³-hybridized carbons (Fsp3) is 0.429. The summed E-state index contributed by atoms with van der Waals surface area (Å²) < 4.78 is 0.941. The average Bonchev–Trinajstić information content (AvgIpc) is 3.14. The number of carbonyl (C=O) groups is 1. The lowest BCUT2D eigenvalue weighted by Crippen LogP contribution is -2.48. The molecule has 2 rings (SSSR count). The van der Waals surface area contributed by atoms with E-state index in [0.717, 1.165) is 17.3 Å². The highest BCUT2D eigenvalue weighted by atomic mass is 79.9. The highest BCUT2D eigenvalue weighted by Crippen LogP contribution is 2.34. The maximum Gasteiger partial charge on any atom is 0.255 e. The third-order valence-corrected chi connectivity index (χ3v) is 3.63. The molecule has 0 saturated heterocycles. The zero-order valence-corrected chi connectivity index (χ0v) is 12.1. The van der Waals surface area contributed by atoms with Crippen molar-refractivity contribution >= 4 is 21.8 Å². The second-order valence-electron chi connectivity index (χ2n) is 5.08. The molecule has 1 aliphatic rings. The van der Waals surface area contributed by atoms with Crippen LogP contribution in [0.15, 0.2) is 28.7 Å². The Morgan fingerprint density at radius 1 is 1.39 bits per heavy atom. The summed E-state index contributed by atoms with van der Waals surface area (Å²) >= 11 is 3.35. The van der Waals surface area contributed by atoms with Crippen molar-refractivity contribution in [3.05, 3.63) is 34.3 Å². The van der Waals surface area contributed by atoms with Gasteiger partial charge in [0, 0.05) is 16.1 Å². The Labute approximate surface area is 116 Å². The van der Waals surface area contributed by atoms with E-state index in [4.69, 9.17) is 0 Å². The van der Waals surface area contributed by atoms with Gasteiger partial charge in [-0.1, -0.05) is 15.9 Å². The van der Waals surface area contributed by atoms with Gasteiger partial charge < -0.3 is 4.90 Å². The van der Waals surface area contributed by atoms with E-state index in [1.807, 2.05) is 12.1 Å². The molecule has 94 valence electrons. The number of nitriles is 1. The summed E-state index contributed by atoms with van der Waals surface area (Å²) in [4.78, 5) is 14.2. The van der Waals surface area contributed by atoms with Crippen LogP contribution in [0.25, 0.3) is 0 Å². The third-order valence-electron chi connectivity index (χ3n) is 3.10. The molecule has 0 heterocycles. The van der Waals surface area contributed by atoms with Crippen LogP contribution < -0.4 is 0 Å².